The number of hydrogen-bond acceptors (Lipinski definition) is 3. The lowest BCUT2D eigenvalue weighted by atomic mass is 10.00. The number of amides is 1. The molecule has 106 valence electrons. The zero-order valence-corrected chi connectivity index (χ0v) is 12.0. The number of carbonyl (C=O) groups is 2. The molecule has 0 aromatic heterocycles. The number of ketones is 1. The number of nitrogens with zero attached hydrogens (tertiary/aromatic N) is 2. The highest BCUT2D eigenvalue weighted by atomic mass is 16.2. The first kappa shape index (κ1) is 14.2. The van der Waals surface area contributed by atoms with Crippen LogP contribution in [0.5, 0.6) is 0 Å². The van der Waals surface area contributed by atoms with Crippen LogP contribution >= 0.6 is 0 Å². The SMILES string of the molecule is CC(C)C(=O)c1ccc(CN2C(=N)N(C)CC2=O)cc1. The van der Waals surface area contributed by atoms with Gasteiger partial charge in [-0.05, 0) is 5.56 Å². The van der Waals surface area contributed by atoms with E-state index in [9.17, 15) is 9.59 Å². The lowest BCUT2D eigenvalue weighted by molar-refractivity contribution is -0.125. The van der Waals surface area contributed by atoms with Crippen LogP contribution in [0.1, 0.15) is 29.8 Å². The molecule has 0 spiro atoms. The first-order valence-corrected chi connectivity index (χ1v) is 6.63. The third kappa shape index (κ3) is 2.71. The molecule has 1 aliphatic heterocycles. The van der Waals surface area contributed by atoms with Crippen LogP contribution in [0, 0.1) is 11.3 Å². The van der Waals surface area contributed by atoms with E-state index in [4.69, 9.17) is 5.41 Å². The van der Waals surface area contributed by atoms with Gasteiger partial charge >= 0.3 is 0 Å². The molecule has 20 heavy (non-hydrogen) atoms. The fourth-order valence-electron chi connectivity index (χ4n) is 2.14. The Kier molecular flexibility index (Phi) is 3.88. The molecule has 0 radical (unpaired) electrons. The molecular formula is C15H19N3O2. The minimum atomic E-state index is -0.0696. The van der Waals surface area contributed by atoms with Crippen molar-refractivity contribution in [1.82, 2.24) is 9.80 Å². The van der Waals surface area contributed by atoms with Gasteiger partial charge in [0.25, 0.3) is 0 Å². The van der Waals surface area contributed by atoms with Gasteiger partial charge in [0.2, 0.25) is 11.9 Å². The number of hydrogen-bond donors (Lipinski definition) is 1. The minimum Gasteiger partial charge on any atom is -0.336 e. The van der Waals surface area contributed by atoms with Gasteiger partial charge < -0.3 is 4.90 Å². The number of Topliss-reactive ketones (excluding diaryl/α,β-unsaturated/α-hetero) is 1. The van der Waals surface area contributed by atoms with Crippen molar-refractivity contribution in [2.24, 2.45) is 5.92 Å². The number of guanidine groups is 1. The summed E-state index contributed by atoms with van der Waals surface area (Å²) in [4.78, 5) is 26.6. The molecule has 1 aromatic carbocycles. The highest BCUT2D eigenvalue weighted by Crippen LogP contribution is 2.15. The van der Waals surface area contributed by atoms with Gasteiger partial charge in [-0.3, -0.25) is 19.9 Å². The predicted octanol–water partition coefficient (Wildman–Crippen LogP) is 1.73. The zero-order chi connectivity index (χ0) is 14.9. The van der Waals surface area contributed by atoms with E-state index in [-0.39, 0.29) is 30.1 Å². The monoisotopic (exact) mass is 273 g/mol. The quantitative estimate of drug-likeness (QED) is 0.850. The molecule has 0 atom stereocenters. The summed E-state index contributed by atoms with van der Waals surface area (Å²) in [5, 5.41) is 7.84. The molecule has 0 aliphatic carbocycles. The topological polar surface area (TPSA) is 64.5 Å². The highest BCUT2D eigenvalue weighted by molar-refractivity contribution is 6.02. The second kappa shape index (κ2) is 5.45. The molecule has 1 heterocycles. The third-order valence-corrected chi connectivity index (χ3v) is 3.39. The first-order valence-electron chi connectivity index (χ1n) is 6.63. The Bertz CT molecular complexity index is 549. The third-order valence-electron chi connectivity index (χ3n) is 3.39. The van der Waals surface area contributed by atoms with E-state index >= 15 is 0 Å². The summed E-state index contributed by atoms with van der Waals surface area (Å²) < 4.78 is 0. The van der Waals surface area contributed by atoms with Crippen molar-refractivity contribution >= 4 is 17.6 Å². The van der Waals surface area contributed by atoms with E-state index in [2.05, 4.69) is 0 Å². The first-order chi connectivity index (χ1) is 9.40. The maximum absolute atomic E-state index is 11.8. The fraction of sp³-hybridized carbons (Fsp3) is 0.400. The molecular weight excluding hydrogens is 254 g/mol. The molecule has 0 saturated carbocycles. The molecule has 0 unspecified atom stereocenters. The number of rotatable bonds is 4. The zero-order valence-electron chi connectivity index (χ0n) is 12.0. The van der Waals surface area contributed by atoms with Gasteiger partial charge in [-0.2, -0.15) is 0 Å². The van der Waals surface area contributed by atoms with Crippen molar-refractivity contribution in [3.8, 4) is 0 Å². The van der Waals surface area contributed by atoms with Gasteiger partial charge in [0, 0.05) is 18.5 Å². The number of carbonyl (C=O) groups excluding carboxylic acids is 2. The van der Waals surface area contributed by atoms with Crippen LogP contribution < -0.4 is 0 Å². The molecule has 5 nitrogen and oxygen atoms in total. The van der Waals surface area contributed by atoms with E-state index in [0.29, 0.717) is 12.1 Å². The molecule has 1 amide bonds. The van der Waals surface area contributed by atoms with Crippen LogP contribution in [-0.4, -0.2) is 41.0 Å². The molecule has 5 heteroatoms. The second-order valence-corrected chi connectivity index (χ2v) is 5.38. The standard InChI is InChI=1S/C15H19N3O2/c1-10(2)14(20)12-6-4-11(5-7-12)8-18-13(19)9-17(3)15(18)16/h4-7,10,16H,8-9H2,1-3H3. The Morgan fingerprint density at radius 3 is 2.35 bits per heavy atom. The lowest BCUT2D eigenvalue weighted by Gasteiger charge is -2.17. The van der Waals surface area contributed by atoms with Gasteiger partial charge in [-0.1, -0.05) is 38.1 Å². The van der Waals surface area contributed by atoms with Gasteiger partial charge in [-0.25, -0.2) is 0 Å². The maximum Gasteiger partial charge on any atom is 0.249 e. The van der Waals surface area contributed by atoms with Crippen LogP contribution in [0.25, 0.3) is 0 Å². The number of nitrogens with one attached hydrogen (secondary N) is 1. The normalized spacial score (nSPS) is 15.4. The molecule has 1 aromatic rings. The summed E-state index contributed by atoms with van der Waals surface area (Å²) in [5.74, 6) is 0.237. The number of benzene rings is 1. The van der Waals surface area contributed by atoms with Crippen molar-refractivity contribution in [1.29, 1.82) is 5.41 Å². The minimum absolute atomic E-state index is 0.0252. The highest BCUT2D eigenvalue weighted by Gasteiger charge is 2.30. The van der Waals surface area contributed by atoms with Gasteiger partial charge in [-0.15, -0.1) is 0 Å². The summed E-state index contributed by atoms with van der Waals surface area (Å²) >= 11 is 0. The Labute approximate surface area is 118 Å². The number of likely N-dealkylation sites (N-methyl/N-ethyl adjacent to an activating group) is 1. The van der Waals surface area contributed by atoms with E-state index in [1.165, 1.54) is 4.90 Å². The van der Waals surface area contributed by atoms with E-state index < -0.39 is 0 Å². The molecule has 1 N–H and O–H groups in total. The molecule has 1 aliphatic rings. The Balaban J connectivity index is 2.10. The predicted molar refractivity (Wildman–Crippen MR) is 76.5 cm³/mol. The lowest BCUT2D eigenvalue weighted by Crippen LogP contribution is -2.31. The summed E-state index contributed by atoms with van der Waals surface area (Å²) in [6, 6.07) is 7.25. The van der Waals surface area contributed by atoms with Crippen molar-refractivity contribution < 1.29 is 9.59 Å². The van der Waals surface area contributed by atoms with Crippen LogP contribution in [-0.2, 0) is 11.3 Å². The summed E-state index contributed by atoms with van der Waals surface area (Å²) in [6.45, 7) is 4.37. The Hall–Kier alpha value is -2.17. The molecule has 1 saturated heterocycles. The average molecular weight is 273 g/mol. The summed E-state index contributed by atoms with van der Waals surface area (Å²) in [5.41, 5.74) is 1.60. The van der Waals surface area contributed by atoms with Gasteiger partial charge in [0.1, 0.15) is 0 Å². The van der Waals surface area contributed by atoms with E-state index in [0.717, 1.165) is 5.56 Å². The smallest absolute Gasteiger partial charge is 0.249 e. The van der Waals surface area contributed by atoms with Crippen LogP contribution in [0.15, 0.2) is 24.3 Å². The Morgan fingerprint density at radius 1 is 1.30 bits per heavy atom. The van der Waals surface area contributed by atoms with Crippen LogP contribution in [0.2, 0.25) is 0 Å². The van der Waals surface area contributed by atoms with E-state index in [1.807, 2.05) is 26.0 Å². The summed E-state index contributed by atoms with van der Waals surface area (Å²) in [6.07, 6.45) is 0. The average Bonchev–Trinajstić information content (AvgIpc) is 2.65. The molecule has 1 fully saturated rings. The van der Waals surface area contributed by atoms with Crippen molar-refractivity contribution in [2.75, 3.05) is 13.6 Å². The molecule has 0 bridgehead atoms. The second-order valence-electron chi connectivity index (χ2n) is 5.38. The maximum atomic E-state index is 11.8. The van der Waals surface area contributed by atoms with Gasteiger partial charge in [0.15, 0.2) is 5.78 Å². The fourth-order valence-corrected chi connectivity index (χ4v) is 2.14. The van der Waals surface area contributed by atoms with Crippen molar-refractivity contribution in [3.05, 3.63) is 35.4 Å². The van der Waals surface area contributed by atoms with Crippen LogP contribution in [0.3, 0.4) is 0 Å². The van der Waals surface area contributed by atoms with E-state index in [1.54, 1.807) is 24.1 Å². The largest absolute Gasteiger partial charge is 0.336 e. The Morgan fingerprint density at radius 2 is 1.90 bits per heavy atom. The van der Waals surface area contributed by atoms with Crippen LogP contribution in [0.4, 0.5) is 0 Å². The van der Waals surface area contributed by atoms with Crippen molar-refractivity contribution in [2.45, 2.75) is 20.4 Å². The van der Waals surface area contributed by atoms with Crippen molar-refractivity contribution in [3.63, 3.8) is 0 Å². The molecule has 2 rings (SSSR count). The van der Waals surface area contributed by atoms with Gasteiger partial charge in [0.05, 0.1) is 13.1 Å². The summed E-state index contributed by atoms with van der Waals surface area (Å²) in [7, 11) is 1.73.